The van der Waals surface area contributed by atoms with Crippen molar-refractivity contribution in [1.82, 2.24) is 0 Å². The van der Waals surface area contributed by atoms with Crippen molar-refractivity contribution in [3.05, 3.63) is 34.4 Å². The molecule has 1 aromatic rings. The summed E-state index contributed by atoms with van der Waals surface area (Å²) in [5.74, 6) is -5.03. The maximum Gasteiger partial charge on any atom is 0.165 e. The average Bonchev–Trinajstić information content (AvgIpc) is 2.27. The fourth-order valence-corrected chi connectivity index (χ4v) is 2.33. The van der Waals surface area contributed by atoms with Gasteiger partial charge in [0.05, 0.1) is 0 Å². The summed E-state index contributed by atoms with van der Waals surface area (Å²) < 4.78 is 53.9. The summed E-state index contributed by atoms with van der Waals surface area (Å²) in [6, 6.07) is 0. The fraction of sp³-hybridized carbons (Fsp3) is 0.538. The quantitative estimate of drug-likeness (QED) is 0.539. The summed E-state index contributed by atoms with van der Waals surface area (Å²) in [7, 11) is 0. The first kappa shape index (κ1) is 12.4. The molecule has 0 radical (unpaired) electrons. The Morgan fingerprint density at radius 2 is 1.41 bits per heavy atom. The van der Waals surface area contributed by atoms with Crippen LogP contribution in [0.3, 0.4) is 0 Å². The van der Waals surface area contributed by atoms with Gasteiger partial charge in [-0.25, -0.2) is 17.6 Å². The van der Waals surface area contributed by atoms with Crippen molar-refractivity contribution in [1.29, 1.82) is 0 Å². The van der Waals surface area contributed by atoms with Crippen LogP contribution in [0.25, 0.3) is 0 Å². The molecule has 0 saturated heterocycles. The van der Waals surface area contributed by atoms with Crippen LogP contribution in [0.5, 0.6) is 0 Å². The van der Waals surface area contributed by atoms with Gasteiger partial charge in [0.15, 0.2) is 23.3 Å². The summed E-state index contributed by atoms with van der Waals surface area (Å²) in [6.07, 6.45) is 2.72. The van der Waals surface area contributed by atoms with E-state index in [9.17, 15) is 17.6 Å². The molecular weight excluding hydrogens is 232 g/mol. The second-order valence-corrected chi connectivity index (χ2v) is 5.20. The summed E-state index contributed by atoms with van der Waals surface area (Å²) in [5.41, 5.74) is -1.27. The lowest BCUT2D eigenvalue weighted by Gasteiger charge is -2.38. The maximum atomic E-state index is 13.6. The zero-order valence-electron chi connectivity index (χ0n) is 9.84. The van der Waals surface area contributed by atoms with Gasteiger partial charge in [0.2, 0.25) is 0 Å². The number of hydrogen-bond acceptors (Lipinski definition) is 0. The molecule has 1 saturated carbocycles. The monoisotopic (exact) mass is 246 g/mol. The molecule has 0 heterocycles. The third kappa shape index (κ3) is 1.94. The maximum absolute atomic E-state index is 13.6. The Bertz CT molecular complexity index is 432. The smallest absolute Gasteiger partial charge is 0.165 e. The molecule has 0 bridgehead atoms. The minimum absolute atomic E-state index is 0.0544. The standard InChI is InChI=1S/C13H14F4/c1-7-9(14)11(16)8(12(17)10(7)15)6-13(2)4-3-5-13/h3-6H2,1-2H3. The predicted molar refractivity (Wildman–Crippen MR) is 56.7 cm³/mol. The zero-order valence-corrected chi connectivity index (χ0v) is 9.84. The van der Waals surface area contributed by atoms with Crippen molar-refractivity contribution in [2.75, 3.05) is 0 Å². The molecule has 0 aliphatic heterocycles. The van der Waals surface area contributed by atoms with E-state index in [2.05, 4.69) is 0 Å². The van der Waals surface area contributed by atoms with Crippen LogP contribution in [0.4, 0.5) is 17.6 Å². The van der Waals surface area contributed by atoms with Gasteiger partial charge in [0.1, 0.15) is 0 Å². The van der Waals surface area contributed by atoms with Crippen LogP contribution in [-0.2, 0) is 6.42 Å². The first-order chi connectivity index (χ1) is 7.86. The SMILES string of the molecule is Cc1c(F)c(F)c(CC2(C)CCC2)c(F)c1F. The van der Waals surface area contributed by atoms with E-state index < -0.39 is 34.4 Å². The number of halogens is 4. The van der Waals surface area contributed by atoms with Crippen LogP contribution in [0.15, 0.2) is 0 Å². The van der Waals surface area contributed by atoms with E-state index in [0.29, 0.717) is 0 Å². The second-order valence-electron chi connectivity index (χ2n) is 5.20. The van der Waals surface area contributed by atoms with Crippen molar-refractivity contribution >= 4 is 0 Å². The molecule has 2 rings (SSSR count). The van der Waals surface area contributed by atoms with E-state index in [1.165, 1.54) is 0 Å². The van der Waals surface area contributed by atoms with Gasteiger partial charge < -0.3 is 0 Å². The highest BCUT2D eigenvalue weighted by Crippen LogP contribution is 2.44. The third-order valence-corrected chi connectivity index (χ3v) is 3.74. The molecule has 1 aliphatic carbocycles. The minimum atomic E-state index is -1.28. The van der Waals surface area contributed by atoms with Crippen LogP contribution in [0, 0.1) is 35.6 Å². The van der Waals surface area contributed by atoms with Gasteiger partial charge in [0.25, 0.3) is 0 Å². The first-order valence-corrected chi connectivity index (χ1v) is 5.67. The fourth-order valence-electron chi connectivity index (χ4n) is 2.33. The number of hydrogen-bond donors (Lipinski definition) is 0. The Morgan fingerprint density at radius 3 is 1.76 bits per heavy atom. The van der Waals surface area contributed by atoms with Gasteiger partial charge in [-0.05, 0) is 31.6 Å². The Morgan fingerprint density at radius 1 is 0.941 bits per heavy atom. The van der Waals surface area contributed by atoms with Gasteiger partial charge in [-0.3, -0.25) is 0 Å². The molecule has 0 unspecified atom stereocenters. The highest BCUT2D eigenvalue weighted by molar-refractivity contribution is 5.30. The average molecular weight is 246 g/mol. The van der Waals surface area contributed by atoms with Crippen LogP contribution in [0.1, 0.15) is 37.3 Å². The van der Waals surface area contributed by atoms with Crippen molar-refractivity contribution in [3.63, 3.8) is 0 Å². The summed E-state index contributed by atoms with van der Waals surface area (Å²) >= 11 is 0. The lowest BCUT2D eigenvalue weighted by Crippen LogP contribution is -2.29. The zero-order chi connectivity index (χ0) is 12.8. The van der Waals surface area contributed by atoms with E-state index >= 15 is 0 Å². The topological polar surface area (TPSA) is 0 Å². The van der Waals surface area contributed by atoms with Crippen LogP contribution in [0.2, 0.25) is 0 Å². The van der Waals surface area contributed by atoms with E-state index in [4.69, 9.17) is 0 Å². The van der Waals surface area contributed by atoms with Gasteiger partial charge >= 0.3 is 0 Å². The molecule has 1 aromatic carbocycles. The Balaban J connectivity index is 2.46. The summed E-state index contributed by atoms with van der Waals surface area (Å²) in [4.78, 5) is 0. The molecule has 4 heteroatoms. The van der Waals surface area contributed by atoms with Gasteiger partial charge in [-0.2, -0.15) is 0 Å². The van der Waals surface area contributed by atoms with Crippen LogP contribution >= 0.6 is 0 Å². The van der Waals surface area contributed by atoms with E-state index in [-0.39, 0.29) is 11.8 Å². The van der Waals surface area contributed by atoms with Crippen molar-refractivity contribution in [2.45, 2.75) is 39.5 Å². The number of rotatable bonds is 2. The molecular formula is C13H14F4. The third-order valence-electron chi connectivity index (χ3n) is 3.74. The molecule has 0 nitrogen and oxygen atoms in total. The second kappa shape index (κ2) is 4.00. The van der Waals surface area contributed by atoms with Crippen molar-refractivity contribution in [2.24, 2.45) is 5.41 Å². The molecule has 0 N–H and O–H groups in total. The van der Waals surface area contributed by atoms with E-state index in [1.807, 2.05) is 6.92 Å². The van der Waals surface area contributed by atoms with E-state index in [0.717, 1.165) is 26.2 Å². The molecule has 1 fully saturated rings. The molecule has 17 heavy (non-hydrogen) atoms. The van der Waals surface area contributed by atoms with Gasteiger partial charge in [-0.1, -0.05) is 13.3 Å². The normalized spacial score (nSPS) is 18.0. The van der Waals surface area contributed by atoms with Crippen LogP contribution in [-0.4, -0.2) is 0 Å². The predicted octanol–water partition coefficient (Wildman–Crippen LogP) is 4.28. The Hall–Kier alpha value is -1.06. The Labute approximate surface area is 97.6 Å². The molecule has 94 valence electrons. The molecule has 0 amide bonds. The lowest BCUT2D eigenvalue weighted by molar-refractivity contribution is 0.156. The molecule has 0 atom stereocenters. The van der Waals surface area contributed by atoms with Crippen LogP contribution < -0.4 is 0 Å². The molecule has 1 aliphatic rings. The first-order valence-electron chi connectivity index (χ1n) is 5.67. The highest BCUT2D eigenvalue weighted by Gasteiger charge is 2.35. The summed E-state index contributed by atoms with van der Waals surface area (Å²) in [6.45, 7) is 2.91. The largest absolute Gasteiger partial charge is 0.203 e. The Kier molecular flexibility index (Phi) is 2.92. The molecule has 0 aromatic heterocycles. The lowest BCUT2D eigenvalue weighted by atomic mass is 9.67. The minimum Gasteiger partial charge on any atom is -0.203 e. The highest BCUT2D eigenvalue weighted by atomic mass is 19.2. The summed E-state index contributed by atoms with van der Waals surface area (Å²) in [5, 5.41) is 0. The van der Waals surface area contributed by atoms with Crippen molar-refractivity contribution in [3.8, 4) is 0 Å². The van der Waals surface area contributed by atoms with Crippen molar-refractivity contribution < 1.29 is 17.6 Å². The number of benzene rings is 1. The van der Waals surface area contributed by atoms with E-state index in [1.54, 1.807) is 0 Å². The van der Waals surface area contributed by atoms with Gasteiger partial charge in [-0.15, -0.1) is 0 Å². The van der Waals surface area contributed by atoms with Gasteiger partial charge in [0, 0.05) is 11.1 Å². The molecule has 0 spiro atoms.